The van der Waals surface area contributed by atoms with Crippen LogP contribution in [0.1, 0.15) is 24.3 Å². The van der Waals surface area contributed by atoms with Crippen molar-refractivity contribution in [3.8, 4) is 12.3 Å². The number of nitrogens with zero attached hydrogens (tertiary/aromatic N) is 1. The van der Waals surface area contributed by atoms with Crippen LogP contribution in [0.5, 0.6) is 0 Å². The number of carbonyl (C=O) groups excluding carboxylic acids is 1. The van der Waals surface area contributed by atoms with Gasteiger partial charge in [-0.05, 0) is 12.0 Å². The van der Waals surface area contributed by atoms with E-state index in [-0.39, 0.29) is 5.91 Å². The molecule has 2 N–H and O–H groups in total. The van der Waals surface area contributed by atoms with E-state index in [1.165, 1.54) is 5.56 Å². The van der Waals surface area contributed by atoms with E-state index in [4.69, 9.17) is 12.2 Å². The molecule has 18 heavy (non-hydrogen) atoms. The number of amides is 1. The first-order chi connectivity index (χ1) is 8.72. The summed E-state index contributed by atoms with van der Waals surface area (Å²) in [5.74, 6) is 2.84. The number of hydrogen-bond acceptors (Lipinski definition) is 2. The number of rotatable bonds is 3. The molecule has 1 fully saturated rings. The summed E-state index contributed by atoms with van der Waals surface area (Å²) in [6.07, 6.45) is 6.49. The fourth-order valence-corrected chi connectivity index (χ4v) is 2.41. The van der Waals surface area contributed by atoms with Crippen LogP contribution in [0, 0.1) is 12.3 Å². The molecule has 2 rings (SSSR count). The molecule has 2 atom stereocenters. The first kappa shape index (κ1) is 12.7. The van der Waals surface area contributed by atoms with Crippen molar-refractivity contribution >= 4 is 5.91 Å². The molecule has 0 spiro atoms. The third-order valence-corrected chi connectivity index (χ3v) is 3.43. The molecular weight excluding hydrogens is 224 g/mol. The molecule has 0 aliphatic carbocycles. The fraction of sp³-hybridized carbons (Fsp3) is 0.400. The highest BCUT2D eigenvalue weighted by molar-refractivity contribution is 5.82. The molecule has 3 heteroatoms. The normalized spacial score (nSPS) is 20.4. The van der Waals surface area contributed by atoms with Crippen molar-refractivity contribution in [1.29, 1.82) is 0 Å². The summed E-state index contributed by atoms with van der Waals surface area (Å²) in [7, 11) is 0. The van der Waals surface area contributed by atoms with E-state index >= 15 is 0 Å². The maximum atomic E-state index is 12.0. The number of likely N-dealkylation sites (tertiary alicyclic amines) is 1. The zero-order valence-electron chi connectivity index (χ0n) is 10.4. The van der Waals surface area contributed by atoms with Gasteiger partial charge in [-0.15, -0.1) is 12.3 Å². The van der Waals surface area contributed by atoms with Crippen LogP contribution in [0.2, 0.25) is 0 Å². The lowest BCUT2D eigenvalue weighted by Crippen LogP contribution is -2.42. The highest BCUT2D eigenvalue weighted by atomic mass is 16.2. The van der Waals surface area contributed by atoms with Crippen molar-refractivity contribution < 1.29 is 4.79 Å². The van der Waals surface area contributed by atoms with E-state index < -0.39 is 6.04 Å². The predicted octanol–water partition coefficient (Wildman–Crippen LogP) is 1.35. The first-order valence-electron chi connectivity index (χ1n) is 6.25. The van der Waals surface area contributed by atoms with E-state index in [1.807, 2.05) is 23.1 Å². The van der Waals surface area contributed by atoms with Gasteiger partial charge in [0.15, 0.2) is 0 Å². The minimum atomic E-state index is -0.551. The van der Waals surface area contributed by atoms with Gasteiger partial charge in [0.2, 0.25) is 5.91 Å². The van der Waals surface area contributed by atoms with Crippen LogP contribution in [0.15, 0.2) is 30.3 Å². The number of nitrogens with two attached hydrogens (primary N) is 1. The molecule has 1 heterocycles. The minimum absolute atomic E-state index is 0.0219. The van der Waals surface area contributed by atoms with E-state index in [1.54, 1.807) is 0 Å². The van der Waals surface area contributed by atoms with Gasteiger partial charge >= 0.3 is 0 Å². The van der Waals surface area contributed by atoms with Crippen molar-refractivity contribution in [1.82, 2.24) is 4.90 Å². The van der Waals surface area contributed by atoms with Crippen molar-refractivity contribution in [3.63, 3.8) is 0 Å². The van der Waals surface area contributed by atoms with E-state index in [0.29, 0.717) is 12.3 Å². The van der Waals surface area contributed by atoms with Crippen molar-refractivity contribution in [2.45, 2.75) is 24.8 Å². The molecular formula is C15H18N2O. The Kier molecular flexibility index (Phi) is 4.01. The third kappa shape index (κ3) is 2.72. The summed E-state index contributed by atoms with van der Waals surface area (Å²) in [5, 5.41) is 0. The summed E-state index contributed by atoms with van der Waals surface area (Å²) < 4.78 is 0. The lowest BCUT2D eigenvalue weighted by molar-refractivity contribution is -0.131. The Morgan fingerprint density at radius 1 is 1.50 bits per heavy atom. The second kappa shape index (κ2) is 5.70. The number of hydrogen-bond donors (Lipinski definition) is 1. The van der Waals surface area contributed by atoms with Crippen LogP contribution in [0.3, 0.4) is 0 Å². The summed E-state index contributed by atoms with van der Waals surface area (Å²) in [6, 6.07) is 9.74. The van der Waals surface area contributed by atoms with E-state index in [0.717, 1.165) is 19.5 Å². The Bertz CT molecular complexity index is 449. The third-order valence-electron chi connectivity index (χ3n) is 3.43. The number of terminal acetylenes is 1. The second-order valence-electron chi connectivity index (χ2n) is 4.70. The van der Waals surface area contributed by atoms with Crippen molar-refractivity contribution in [2.24, 2.45) is 5.73 Å². The van der Waals surface area contributed by atoms with Crippen molar-refractivity contribution in [3.05, 3.63) is 35.9 Å². The molecule has 94 valence electrons. The minimum Gasteiger partial charge on any atom is -0.341 e. The standard InChI is InChI=1S/C15H18N2O/c1-2-6-14(16)15(18)17-10-9-13(11-17)12-7-4-3-5-8-12/h1,3-5,7-8,13-14H,6,9-11,16H2. The maximum Gasteiger partial charge on any atom is 0.240 e. The lowest BCUT2D eigenvalue weighted by Gasteiger charge is -2.19. The van der Waals surface area contributed by atoms with E-state index in [9.17, 15) is 4.79 Å². The molecule has 1 aliphatic heterocycles. The Balaban J connectivity index is 1.97. The average Bonchev–Trinajstić information content (AvgIpc) is 2.89. The quantitative estimate of drug-likeness (QED) is 0.813. The average molecular weight is 242 g/mol. The monoisotopic (exact) mass is 242 g/mol. The molecule has 3 nitrogen and oxygen atoms in total. The SMILES string of the molecule is C#CCC(N)C(=O)N1CCC(c2ccccc2)C1. The van der Waals surface area contributed by atoms with Gasteiger partial charge in [0, 0.05) is 25.4 Å². The van der Waals surface area contributed by atoms with Gasteiger partial charge in [-0.3, -0.25) is 4.79 Å². The summed E-state index contributed by atoms with van der Waals surface area (Å²) >= 11 is 0. The van der Waals surface area contributed by atoms with Gasteiger partial charge < -0.3 is 10.6 Å². The molecule has 0 radical (unpaired) electrons. The Labute approximate surface area is 108 Å². The number of benzene rings is 1. The molecule has 1 saturated heterocycles. The molecule has 1 aliphatic rings. The second-order valence-corrected chi connectivity index (χ2v) is 4.70. The van der Waals surface area contributed by atoms with Crippen LogP contribution in [-0.2, 0) is 4.79 Å². The van der Waals surface area contributed by atoms with Crippen LogP contribution in [0.4, 0.5) is 0 Å². The largest absolute Gasteiger partial charge is 0.341 e. The van der Waals surface area contributed by atoms with Gasteiger partial charge in [-0.25, -0.2) is 0 Å². The molecule has 1 aromatic rings. The summed E-state index contributed by atoms with van der Waals surface area (Å²) in [5.41, 5.74) is 7.05. The fourth-order valence-electron chi connectivity index (χ4n) is 2.41. The molecule has 1 aromatic carbocycles. The molecule has 2 unspecified atom stereocenters. The van der Waals surface area contributed by atoms with E-state index in [2.05, 4.69) is 18.1 Å². The molecule has 0 bridgehead atoms. The highest BCUT2D eigenvalue weighted by Crippen LogP contribution is 2.27. The first-order valence-corrected chi connectivity index (χ1v) is 6.25. The van der Waals surface area contributed by atoms with Gasteiger partial charge in [-0.2, -0.15) is 0 Å². The molecule has 0 saturated carbocycles. The molecule has 0 aromatic heterocycles. The Hall–Kier alpha value is -1.79. The van der Waals surface area contributed by atoms with Crippen molar-refractivity contribution in [2.75, 3.05) is 13.1 Å². The zero-order valence-corrected chi connectivity index (χ0v) is 10.4. The van der Waals surface area contributed by atoms with Crippen LogP contribution in [-0.4, -0.2) is 29.9 Å². The van der Waals surface area contributed by atoms with Crippen LogP contribution in [0.25, 0.3) is 0 Å². The zero-order chi connectivity index (χ0) is 13.0. The Morgan fingerprint density at radius 3 is 2.89 bits per heavy atom. The predicted molar refractivity (Wildman–Crippen MR) is 71.8 cm³/mol. The van der Waals surface area contributed by atoms with Gasteiger partial charge in [0.1, 0.15) is 0 Å². The smallest absolute Gasteiger partial charge is 0.240 e. The summed E-state index contributed by atoms with van der Waals surface area (Å²) in [6.45, 7) is 1.53. The molecule has 1 amide bonds. The van der Waals surface area contributed by atoms with Gasteiger partial charge in [0.25, 0.3) is 0 Å². The number of carbonyl (C=O) groups is 1. The van der Waals surface area contributed by atoms with Gasteiger partial charge in [-0.1, -0.05) is 30.3 Å². The highest BCUT2D eigenvalue weighted by Gasteiger charge is 2.29. The topological polar surface area (TPSA) is 46.3 Å². The Morgan fingerprint density at radius 2 is 2.22 bits per heavy atom. The van der Waals surface area contributed by atoms with Gasteiger partial charge in [0.05, 0.1) is 6.04 Å². The lowest BCUT2D eigenvalue weighted by atomic mass is 9.99. The van der Waals surface area contributed by atoms with Crippen LogP contribution < -0.4 is 5.73 Å². The maximum absolute atomic E-state index is 12.0. The van der Waals surface area contributed by atoms with Crippen LogP contribution >= 0.6 is 0 Å². The summed E-state index contributed by atoms with van der Waals surface area (Å²) in [4.78, 5) is 13.9.